The topological polar surface area (TPSA) is 73.1 Å². The largest absolute Gasteiger partial charge is 0.375 e. The summed E-state index contributed by atoms with van der Waals surface area (Å²) in [7, 11) is 0. The number of hydrogen-bond donors (Lipinski definition) is 0. The van der Waals surface area contributed by atoms with Gasteiger partial charge in [-0.05, 0) is 34.5 Å². The van der Waals surface area contributed by atoms with E-state index in [9.17, 15) is 4.79 Å². The normalized spacial score (nSPS) is 18.4. The molecule has 7 heteroatoms. The Bertz CT molecular complexity index is 611. The van der Waals surface area contributed by atoms with Crippen molar-refractivity contribution in [2.24, 2.45) is 0 Å². The monoisotopic (exact) mass is 301 g/mol. The number of hydrogen-bond acceptors (Lipinski definition) is 5. The summed E-state index contributed by atoms with van der Waals surface area (Å²) in [4.78, 5) is 14.3. The fraction of sp³-hybridized carbons (Fsp3) is 0.467. The van der Waals surface area contributed by atoms with Gasteiger partial charge in [0.05, 0.1) is 24.8 Å². The smallest absolute Gasteiger partial charge is 0.227 e. The number of ether oxygens (including phenoxy) is 1. The van der Waals surface area contributed by atoms with Crippen molar-refractivity contribution >= 4 is 5.91 Å². The Hall–Kier alpha value is -2.28. The van der Waals surface area contributed by atoms with Crippen LogP contribution in [0.15, 0.2) is 30.6 Å². The molecule has 0 N–H and O–H groups in total. The molecule has 0 spiro atoms. The summed E-state index contributed by atoms with van der Waals surface area (Å²) in [5.74, 6) is 0.150. The van der Waals surface area contributed by atoms with E-state index in [1.807, 2.05) is 29.2 Å². The molecular weight excluding hydrogens is 282 g/mol. The second kappa shape index (κ2) is 6.65. The first kappa shape index (κ1) is 14.6. The zero-order chi connectivity index (χ0) is 15.4. The van der Waals surface area contributed by atoms with Crippen LogP contribution in [0.1, 0.15) is 18.9 Å². The second-order valence-corrected chi connectivity index (χ2v) is 5.34. The van der Waals surface area contributed by atoms with Gasteiger partial charge in [-0.2, -0.15) is 0 Å². The molecule has 0 bridgehead atoms. The van der Waals surface area contributed by atoms with Gasteiger partial charge in [0.15, 0.2) is 0 Å². The van der Waals surface area contributed by atoms with Gasteiger partial charge in [-0.15, -0.1) is 5.10 Å². The fourth-order valence-corrected chi connectivity index (χ4v) is 2.53. The van der Waals surface area contributed by atoms with Crippen molar-refractivity contribution in [2.75, 3.05) is 19.7 Å². The van der Waals surface area contributed by atoms with E-state index >= 15 is 0 Å². The van der Waals surface area contributed by atoms with Crippen LogP contribution in [-0.2, 0) is 16.0 Å². The van der Waals surface area contributed by atoms with Crippen LogP contribution in [0.25, 0.3) is 5.69 Å². The maximum Gasteiger partial charge on any atom is 0.227 e. The number of carbonyl (C=O) groups is 1. The highest BCUT2D eigenvalue weighted by atomic mass is 16.5. The third-order valence-electron chi connectivity index (χ3n) is 3.85. The number of benzene rings is 1. The number of amides is 1. The van der Waals surface area contributed by atoms with E-state index in [1.165, 1.54) is 0 Å². The molecule has 1 aliphatic rings. The van der Waals surface area contributed by atoms with Crippen molar-refractivity contribution in [1.29, 1.82) is 0 Å². The molecule has 0 unspecified atom stereocenters. The van der Waals surface area contributed by atoms with E-state index < -0.39 is 0 Å². The van der Waals surface area contributed by atoms with E-state index in [0.29, 0.717) is 26.1 Å². The summed E-state index contributed by atoms with van der Waals surface area (Å²) in [6.07, 6.45) is 3.05. The second-order valence-electron chi connectivity index (χ2n) is 5.34. The number of nitrogens with zero attached hydrogens (tertiary/aromatic N) is 5. The van der Waals surface area contributed by atoms with Gasteiger partial charge < -0.3 is 9.64 Å². The minimum atomic E-state index is 0.150. The van der Waals surface area contributed by atoms with Gasteiger partial charge in [0.1, 0.15) is 6.33 Å². The lowest BCUT2D eigenvalue weighted by Crippen LogP contribution is -2.45. The van der Waals surface area contributed by atoms with Gasteiger partial charge in [-0.3, -0.25) is 4.79 Å². The van der Waals surface area contributed by atoms with Gasteiger partial charge >= 0.3 is 0 Å². The quantitative estimate of drug-likeness (QED) is 0.837. The zero-order valence-electron chi connectivity index (χ0n) is 12.6. The number of morpholine rings is 1. The lowest BCUT2D eigenvalue weighted by atomic mass is 10.1. The van der Waals surface area contributed by atoms with Crippen molar-refractivity contribution in [1.82, 2.24) is 25.1 Å². The molecule has 2 aromatic rings. The van der Waals surface area contributed by atoms with Crippen molar-refractivity contribution in [3.8, 4) is 5.69 Å². The first-order chi connectivity index (χ1) is 10.8. The van der Waals surface area contributed by atoms with E-state index in [1.54, 1.807) is 11.0 Å². The summed E-state index contributed by atoms with van der Waals surface area (Å²) in [5.41, 5.74) is 1.86. The van der Waals surface area contributed by atoms with Crippen LogP contribution in [0.2, 0.25) is 0 Å². The van der Waals surface area contributed by atoms with Crippen LogP contribution < -0.4 is 0 Å². The summed E-state index contributed by atoms with van der Waals surface area (Å²) < 4.78 is 7.18. The summed E-state index contributed by atoms with van der Waals surface area (Å²) in [6.45, 7) is 4.08. The first-order valence-electron chi connectivity index (χ1n) is 7.48. The van der Waals surface area contributed by atoms with Gasteiger partial charge in [0.2, 0.25) is 5.91 Å². The van der Waals surface area contributed by atoms with Crippen LogP contribution in [0.3, 0.4) is 0 Å². The lowest BCUT2D eigenvalue weighted by molar-refractivity contribution is -0.138. The standard InChI is InChI=1S/C15H19N5O2/c1-2-14-10-19(7-8-22-14)15(21)9-12-3-5-13(6-4-12)20-11-16-17-18-20/h3-6,11,14H,2,7-10H2,1H3/t14-/m1/s1. The lowest BCUT2D eigenvalue weighted by Gasteiger charge is -2.32. The Morgan fingerprint density at radius 2 is 2.18 bits per heavy atom. The predicted molar refractivity (Wildman–Crippen MR) is 79.5 cm³/mol. The number of tetrazole rings is 1. The Morgan fingerprint density at radius 1 is 1.36 bits per heavy atom. The molecule has 3 rings (SSSR count). The van der Waals surface area contributed by atoms with Crippen LogP contribution in [0.4, 0.5) is 0 Å². The molecule has 1 fully saturated rings. The maximum atomic E-state index is 12.4. The average Bonchev–Trinajstić information content (AvgIpc) is 3.10. The minimum absolute atomic E-state index is 0.150. The molecule has 1 aromatic heterocycles. The predicted octanol–water partition coefficient (Wildman–Crippen LogP) is 0.842. The van der Waals surface area contributed by atoms with Crippen molar-refractivity contribution < 1.29 is 9.53 Å². The van der Waals surface area contributed by atoms with Crippen molar-refractivity contribution in [3.05, 3.63) is 36.2 Å². The molecule has 1 saturated heterocycles. The number of aromatic nitrogens is 4. The van der Waals surface area contributed by atoms with Crippen LogP contribution >= 0.6 is 0 Å². The maximum absolute atomic E-state index is 12.4. The Kier molecular flexibility index (Phi) is 4.43. The van der Waals surface area contributed by atoms with Crippen molar-refractivity contribution in [3.63, 3.8) is 0 Å². The van der Waals surface area contributed by atoms with Crippen LogP contribution in [0.5, 0.6) is 0 Å². The average molecular weight is 301 g/mol. The van der Waals surface area contributed by atoms with Crippen molar-refractivity contribution in [2.45, 2.75) is 25.9 Å². The molecule has 7 nitrogen and oxygen atoms in total. The Labute approximate surface area is 128 Å². The number of carbonyl (C=O) groups excluding carboxylic acids is 1. The zero-order valence-corrected chi connectivity index (χ0v) is 12.6. The Morgan fingerprint density at radius 3 is 2.86 bits per heavy atom. The summed E-state index contributed by atoms with van der Waals surface area (Å²) in [5, 5.41) is 11.0. The molecule has 1 atom stereocenters. The van der Waals surface area contributed by atoms with Crippen LogP contribution in [0, 0.1) is 0 Å². The van der Waals surface area contributed by atoms with E-state index in [4.69, 9.17) is 4.74 Å². The molecule has 116 valence electrons. The molecule has 22 heavy (non-hydrogen) atoms. The highest BCUT2D eigenvalue weighted by Crippen LogP contribution is 2.12. The fourth-order valence-electron chi connectivity index (χ4n) is 2.53. The van der Waals surface area contributed by atoms with Gasteiger partial charge in [0.25, 0.3) is 0 Å². The molecule has 1 aromatic carbocycles. The molecule has 1 amide bonds. The summed E-state index contributed by atoms with van der Waals surface area (Å²) >= 11 is 0. The number of rotatable bonds is 4. The van der Waals surface area contributed by atoms with Crippen LogP contribution in [-0.4, -0.2) is 56.8 Å². The molecule has 0 radical (unpaired) electrons. The molecule has 1 aliphatic heterocycles. The molecule has 0 saturated carbocycles. The highest BCUT2D eigenvalue weighted by Gasteiger charge is 2.22. The molecule has 2 heterocycles. The highest BCUT2D eigenvalue weighted by molar-refractivity contribution is 5.79. The summed E-state index contributed by atoms with van der Waals surface area (Å²) in [6, 6.07) is 7.69. The third-order valence-corrected chi connectivity index (χ3v) is 3.85. The van der Waals surface area contributed by atoms with E-state index in [0.717, 1.165) is 17.7 Å². The first-order valence-corrected chi connectivity index (χ1v) is 7.48. The third kappa shape index (κ3) is 3.30. The molecule has 0 aliphatic carbocycles. The minimum Gasteiger partial charge on any atom is -0.375 e. The SMILES string of the molecule is CC[C@@H]1CN(C(=O)Cc2ccc(-n3cnnn3)cc2)CCO1. The van der Waals surface area contributed by atoms with Gasteiger partial charge in [-0.25, -0.2) is 4.68 Å². The van der Waals surface area contributed by atoms with E-state index in [2.05, 4.69) is 22.4 Å². The van der Waals surface area contributed by atoms with E-state index in [-0.39, 0.29) is 12.0 Å². The Balaban J connectivity index is 1.62. The van der Waals surface area contributed by atoms with Gasteiger partial charge in [0, 0.05) is 13.1 Å². The molecular formula is C15H19N5O2. The van der Waals surface area contributed by atoms with Gasteiger partial charge in [-0.1, -0.05) is 19.1 Å².